The standard InChI is InChI=1S/C16H8F3IN6/c1-25-14-11(3-9(5-22-14)16(17,18)19)23-15(25)12-7-26-6-10(20)2-8(4-21)13(26)24-12/h2-3,5-7H,1H3. The Hall–Kier alpha value is -2.68. The summed E-state index contributed by atoms with van der Waals surface area (Å²) in [6.07, 6.45) is -0.214. The summed E-state index contributed by atoms with van der Waals surface area (Å²) in [5.74, 6) is 0.370. The Morgan fingerprint density at radius 3 is 2.62 bits per heavy atom. The predicted molar refractivity (Wildman–Crippen MR) is 95.1 cm³/mol. The molecule has 4 rings (SSSR count). The van der Waals surface area contributed by atoms with Gasteiger partial charge in [-0.25, -0.2) is 15.0 Å². The SMILES string of the molecule is Cn1c(-c2cn3cc(I)cc(C#N)c3n2)nc2cc(C(F)(F)F)cnc21. The zero-order valence-electron chi connectivity index (χ0n) is 13.1. The number of rotatable bonds is 1. The normalized spacial score (nSPS) is 12.0. The van der Waals surface area contributed by atoms with Gasteiger partial charge in [-0.15, -0.1) is 0 Å². The molecule has 26 heavy (non-hydrogen) atoms. The fourth-order valence-electron chi connectivity index (χ4n) is 2.71. The number of hydrogen-bond acceptors (Lipinski definition) is 4. The van der Waals surface area contributed by atoms with Gasteiger partial charge in [-0.05, 0) is 34.7 Å². The Kier molecular flexibility index (Phi) is 3.65. The van der Waals surface area contributed by atoms with Crippen molar-refractivity contribution in [3.05, 3.63) is 45.4 Å². The molecule has 0 unspecified atom stereocenters. The van der Waals surface area contributed by atoms with E-state index in [1.54, 1.807) is 34.5 Å². The molecule has 0 spiro atoms. The van der Waals surface area contributed by atoms with Crippen LogP contribution >= 0.6 is 22.6 Å². The summed E-state index contributed by atoms with van der Waals surface area (Å²) in [4.78, 5) is 12.6. The highest BCUT2D eigenvalue weighted by Gasteiger charge is 2.31. The van der Waals surface area contributed by atoms with Gasteiger partial charge in [0.15, 0.2) is 17.1 Å². The fourth-order valence-corrected chi connectivity index (χ4v) is 3.33. The lowest BCUT2D eigenvalue weighted by atomic mass is 10.2. The van der Waals surface area contributed by atoms with Crippen molar-refractivity contribution in [1.82, 2.24) is 23.9 Å². The third-order valence-electron chi connectivity index (χ3n) is 3.90. The van der Waals surface area contributed by atoms with Crippen molar-refractivity contribution in [2.75, 3.05) is 0 Å². The van der Waals surface area contributed by atoms with Gasteiger partial charge in [-0.2, -0.15) is 18.4 Å². The lowest BCUT2D eigenvalue weighted by Crippen LogP contribution is -2.05. The summed E-state index contributed by atoms with van der Waals surface area (Å²) in [6, 6.07) is 4.76. The van der Waals surface area contributed by atoms with E-state index < -0.39 is 11.7 Å². The molecule has 0 saturated carbocycles. The molecule has 0 aliphatic heterocycles. The molecule has 0 bridgehead atoms. The van der Waals surface area contributed by atoms with Crippen molar-refractivity contribution in [3.8, 4) is 17.6 Å². The van der Waals surface area contributed by atoms with Gasteiger partial charge < -0.3 is 8.97 Å². The minimum absolute atomic E-state index is 0.129. The van der Waals surface area contributed by atoms with Crippen molar-refractivity contribution in [1.29, 1.82) is 5.26 Å². The Bertz CT molecular complexity index is 1210. The Morgan fingerprint density at radius 1 is 1.15 bits per heavy atom. The van der Waals surface area contributed by atoms with Crippen molar-refractivity contribution in [2.24, 2.45) is 7.05 Å². The lowest BCUT2D eigenvalue weighted by molar-refractivity contribution is -0.137. The zero-order valence-corrected chi connectivity index (χ0v) is 15.2. The maximum absolute atomic E-state index is 12.9. The molecule has 0 aliphatic rings. The van der Waals surface area contributed by atoms with E-state index in [0.717, 1.165) is 15.8 Å². The van der Waals surface area contributed by atoms with E-state index in [0.29, 0.717) is 28.4 Å². The van der Waals surface area contributed by atoms with Crippen LogP contribution < -0.4 is 0 Å². The molecule has 6 nitrogen and oxygen atoms in total. The van der Waals surface area contributed by atoms with E-state index in [9.17, 15) is 18.4 Å². The van der Waals surface area contributed by atoms with Crippen molar-refractivity contribution >= 4 is 39.4 Å². The Morgan fingerprint density at radius 2 is 1.92 bits per heavy atom. The van der Waals surface area contributed by atoms with Crippen LogP contribution in [0.1, 0.15) is 11.1 Å². The topological polar surface area (TPSA) is 71.8 Å². The average Bonchev–Trinajstić information content (AvgIpc) is 3.14. The van der Waals surface area contributed by atoms with Crippen molar-refractivity contribution in [3.63, 3.8) is 0 Å². The molecule has 0 aromatic carbocycles. The molecule has 4 aromatic rings. The van der Waals surface area contributed by atoms with Gasteiger partial charge in [0.2, 0.25) is 0 Å². The number of nitrogens with zero attached hydrogens (tertiary/aromatic N) is 6. The Labute approximate surface area is 158 Å². The minimum Gasteiger partial charge on any atom is -0.310 e. The highest BCUT2D eigenvalue weighted by atomic mass is 127. The largest absolute Gasteiger partial charge is 0.417 e. The molecular weight excluding hydrogens is 460 g/mol. The van der Waals surface area contributed by atoms with Crippen LogP contribution in [0.4, 0.5) is 13.2 Å². The van der Waals surface area contributed by atoms with Crippen LogP contribution in [0.2, 0.25) is 0 Å². The van der Waals surface area contributed by atoms with Gasteiger partial charge in [0.05, 0.1) is 11.1 Å². The highest BCUT2D eigenvalue weighted by Crippen LogP contribution is 2.31. The maximum Gasteiger partial charge on any atom is 0.417 e. The van der Waals surface area contributed by atoms with Gasteiger partial charge >= 0.3 is 6.18 Å². The first-order valence-electron chi connectivity index (χ1n) is 7.26. The van der Waals surface area contributed by atoms with Crippen LogP contribution in [-0.4, -0.2) is 23.9 Å². The molecule has 130 valence electrons. The van der Waals surface area contributed by atoms with Crippen LogP contribution in [0.25, 0.3) is 28.3 Å². The number of nitriles is 1. The number of aromatic nitrogens is 5. The predicted octanol–water partition coefficient (Wildman–Crippen LogP) is 3.78. The number of halogens is 4. The second-order valence-corrected chi connectivity index (χ2v) is 6.85. The molecule has 0 saturated heterocycles. The van der Waals surface area contributed by atoms with E-state index in [1.807, 2.05) is 0 Å². The quantitative estimate of drug-likeness (QED) is 0.399. The number of fused-ring (bicyclic) bond motifs is 2. The van der Waals surface area contributed by atoms with Crippen LogP contribution in [0.5, 0.6) is 0 Å². The molecule has 0 radical (unpaired) electrons. The fraction of sp³-hybridized carbons (Fsp3) is 0.125. The maximum atomic E-state index is 12.9. The number of pyridine rings is 2. The molecule has 0 amide bonds. The smallest absolute Gasteiger partial charge is 0.310 e. The molecule has 4 heterocycles. The van der Waals surface area contributed by atoms with Gasteiger partial charge in [0.1, 0.15) is 17.3 Å². The summed E-state index contributed by atoms with van der Waals surface area (Å²) in [7, 11) is 1.66. The van der Waals surface area contributed by atoms with Gasteiger partial charge in [0, 0.05) is 29.2 Å². The summed E-state index contributed by atoms with van der Waals surface area (Å²) in [5, 5.41) is 9.27. The van der Waals surface area contributed by atoms with Gasteiger partial charge in [-0.3, -0.25) is 0 Å². The summed E-state index contributed by atoms with van der Waals surface area (Å²) >= 11 is 2.09. The van der Waals surface area contributed by atoms with E-state index in [1.165, 1.54) is 0 Å². The molecule has 0 fully saturated rings. The number of aryl methyl sites for hydroxylation is 1. The third kappa shape index (κ3) is 2.59. The van der Waals surface area contributed by atoms with Crippen LogP contribution in [-0.2, 0) is 13.2 Å². The van der Waals surface area contributed by atoms with E-state index in [2.05, 4.69) is 43.6 Å². The van der Waals surface area contributed by atoms with Crippen LogP contribution in [0.3, 0.4) is 0 Å². The summed E-state index contributed by atoms with van der Waals surface area (Å²) < 4.78 is 42.8. The van der Waals surface area contributed by atoms with Crippen LogP contribution in [0.15, 0.2) is 30.7 Å². The third-order valence-corrected chi connectivity index (χ3v) is 4.49. The summed E-state index contributed by atoms with van der Waals surface area (Å²) in [5.41, 5.74) is 0.895. The van der Waals surface area contributed by atoms with E-state index >= 15 is 0 Å². The molecule has 0 atom stereocenters. The number of hydrogen-bond donors (Lipinski definition) is 0. The summed E-state index contributed by atoms with van der Waals surface area (Å²) in [6.45, 7) is 0. The average molecular weight is 468 g/mol. The molecule has 0 aliphatic carbocycles. The van der Waals surface area contributed by atoms with Crippen molar-refractivity contribution in [2.45, 2.75) is 6.18 Å². The second kappa shape index (κ2) is 5.66. The van der Waals surface area contributed by atoms with Crippen molar-refractivity contribution < 1.29 is 13.2 Å². The molecule has 0 N–H and O–H groups in total. The van der Waals surface area contributed by atoms with Gasteiger partial charge in [0.25, 0.3) is 0 Å². The first-order valence-corrected chi connectivity index (χ1v) is 8.34. The Balaban J connectivity index is 1.93. The van der Waals surface area contributed by atoms with E-state index in [4.69, 9.17) is 0 Å². The molecular formula is C16H8F3IN6. The second-order valence-electron chi connectivity index (χ2n) is 5.60. The first kappa shape index (κ1) is 16.8. The van der Waals surface area contributed by atoms with E-state index in [-0.39, 0.29) is 5.52 Å². The van der Waals surface area contributed by atoms with Crippen LogP contribution in [0, 0.1) is 14.9 Å². The first-order chi connectivity index (χ1) is 12.3. The molecule has 10 heteroatoms. The highest BCUT2D eigenvalue weighted by molar-refractivity contribution is 14.1. The lowest BCUT2D eigenvalue weighted by Gasteiger charge is -2.05. The number of imidazole rings is 2. The van der Waals surface area contributed by atoms with Gasteiger partial charge in [-0.1, -0.05) is 0 Å². The minimum atomic E-state index is -4.49. The number of alkyl halides is 3. The monoisotopic (exact) mass is 468 g/mol. The zero-order chi connectivity index (χ0) is 18.6. The molecule has 4 aromatic heterocycles.